The fourth-order valence-corrected chi connectivity index (χ4v) is 4.45. The summed E-state index contributed by atoms with van der Waals surface area (Å²) in [4.78, 5) is 28.9. The van der Waals surface area contributed by atoms with E-state index in [-0.39, 0.29) is 11.6 Å². The molecule has 1 amide bonds. The average Bonchev–Trinajstić information content (AvgIpc) is 3.32. The number of ether oxygens (including phenoxy) is 1. The third kappa shape index (κ3) is 4.68. The van der Waals surface area contributed by atoms with Crippen molar-refractivity contribution in [2.24, 2.45) is 0 Å². The minimum atomic E-state index is -0.585. The lowest BCUT2D eigenvalue weighted by Gasteiger charge is -2.29. The van der Waals surface area contributed by atoms with Gasteiger partial charge in [0.1, 0.15) is 11.8 Å². The first kappa shape index (κ1) is 24.2. The molecule has 1 unspecified atom stereocenters. The lowest BCUT2D eigenvalue weighted by atomic mass is 9.95. The maximum atomic E-state index is 13.7. The van der Waals surface area contributed by atoms with Gasteiger partial charge in [-0.3, -0.25) is 14.9 Å². The molecule has 10 nitrogen and oxygen atoms in total. The molecule has 37 heavy (non-hydrogen) atoms. The maximum Gasteiger partial charge on any atom is 0.269 e. The molecule has 2 N–H and O–H groups in total. The molecule has 0 bridgehead atoms. The Hall–Kier alpha value is -4.51. The number of carbonyl (C=O) groups excluding carboxylic acids is 1. The van der Waals surface area contributed by atoms with Gasteiger partial charge in [-0.05, 0) is 48.9 Å². The summed E-state index contributed by atoms with van der Waals surface area (Å²) in [6, 6.07) is 20.2. The molecular weight excluding hydrogens is 540 g/mol. The van der Waals surface area contributed by atoms with Gasteiger partial charge in [0.05, 0.1) is 23.3 Å². The van der Waals surface area contributed by atoms with Crippen LogP contribution in [0.25, 0.3) is 11.4 Å². The van der Waals surface area contributed by atoms with Crippen LogP contribution in [0.2, 0.25) is 0 Å². The number of nitrogens with one attached hydrogen (secondary N) is 2. The number of nitro benzene ring substituents is 1. The van der Waals surface area contributed by atoms with Crippen LogP contribution in [-0.4, -0.2) is 32.7 Å². The highest BCUT2D eigenvalue weighted by Crippen LogP contribution is 2.38. The molecule has 1 atom stereocenters. The molecule has 2 heterocycles. The third-order valence-corrected chi connectivity index (χ3v) is 6.50. The number of hydrogen-bond acceptors (Lipinski definition) is 7. The zero-order chi connectivity index (χ0) is 26.1. The molecule has 11 heteroatoms. The van der Waals surface area contributed by atoms with Crippen molar-refractivity contribution in [1.82, 2.24) is 14.8 Å². The number of benzene rings is 3. The Morgan fingerprint density at radius 2 is 1.81 bits per heavy atom. The van der Waals surface area contributed by atoms with Crippen molar-refractivity contribution < 1.29 is 14.5 Å². The minimum absolute atomic E-state index is 0.0219. The topological polar surface area (TPSA) is 124 Å². The Balaban J connectivity index is 1.58. The van der Waals surface area contributed by atoms with Crippen molar-refractivity contribution in [3.63, 3.8) is 0 Å². The molecule has 5 rings (SSSR count). The van der Waals surface area contributed by atoms with Crippen molar-refractivity contribution in [3.8, 4) is 17.1 Å². The third-order valence-electron chi connectivity index (χ3n) is 5.97. The monoisotopic (exact) mass is 560 g/mol. The summed E-state index contributed by atoms with van der Waals surface area (Å²) >= 11 is 3.47. The van der Waals surface area contributed by atoms with E-state index in [4.69, 9.17) is 9.84 Å². The normalized spacial score (nSPS) is 14.5. The summed E-state index contributed by atoms with van der Waals surface area (Å²) in [5, 5.41) is 21.9. The Morgan fingerprint density at radius 1 is 1.11 bits per heavy atom. The predicted molar refractivity (Wildman–Crippen MR) is 142 cm³/mol. The van der Waals surface area contributed by atoms with Gasteiger partial charge in [-0.2, -0.15) is 4.98 Å². The second kappa shape index (κ2) is 9.86. The second-order valence-corrected chi connectivity index (χ2v) is 9.20. The first-order valence-corrected chi connectivity index (χ1v) is 12.0. The maximum absolute atomic E-state index is 13.7. The number of hydrogen-bond donors (Lipinski definition) is 2. The van der Waals surface area contributed by atoms with E-state index >= 15 is 0 Å². The summed E-state index contributed by atoms with van der Waals surface area (Å²) in [5.41, 5.74) is 3.04. The number of allylic oxidation sites excluding steroid dienone is 1. The van der Waals surface area contributed by atoms with Gasteiger partial charge >= 0.3 is 0 Å². The highest BCUT2D eigenvalue weighted by Gasteiger charge is 2.34. The number of aromatic nitrogens is 3. The first-order valence-electron chi connectivity index (χ1n) is 11.2. The molecule has 0 saturated carbocycles. The van der Waals surface area contributed by atoms with Gasteiger partial charge in [0.25, 0.3) is 11.6 Å². The van der Waals surface area contributed by atoms with Crippen LogP contribution in [0, 0.1) is 10.1 Å². The molecule has 1 aliphatic heterocycles. The summed E-state index contributed by atoms with van der Waals surface area (Å²) in [6.45, 7) is 1.81. The summed E-state index contributed by atoms with van der Waals surface area (Å²) in [7, 11) is 1.55. The molecule has 3 aromatic carbocycles. The lowest BCUT2D eigenvalue weighted by molar-refractivity contribution is -0.384. The highest BCUT2D eigenvalue weighted by molar-refractivity contribution is 9.10. The van der Waals surface area contributed by atoms with Crippen LogP contribution in [0.5, 0.6) is 5.75 Å². The molecule has 1 aromatic heterocycles. The summed E-state index contributed by atoms with van der Waals surface area (Å²) in [5.74, 6) is 1.05. The van der Waals surface area contributed by atoms with Crippen molar-refractivity contribution >= 4 is 39.2 Å². The molecule has 186 valence electrons. The number of carbonyl (C=O) groups is 1. The molecule has 1 aliphatic rings. The van der Waals surface area contributed by atoms with Gasteiger partial charge in [0.2, 0.25) is 5.95 Å². The number of fused-ring (bicyclic) bond motifs is 1. The highest BCUT2D eigenvalue weighted by atomic mass is 79.9. The number of nitro groups is 1. The van der Waals surface area contributed by atoms with Crippen LogP contribution in [0.1, 0.15) is 18.5 Å². The minimum Gasteiger partial charge on any atom is -0.495 e. The molecule has 0 spiro atoms. The Labute approximate surface area is 220 Å². The van der Waals surface area contributed by atoms with Crippen LogP contribution in [0.3, 0.4) is 0 Å². The standard InChI is InChI=1S/C26H21BrN6O4/c1-15-22(25(34)29-20-5-3-4-6-21(20)37-2)23(16-7-11-18(27)12-8-16)32-26(28-15)30-24(31-32)17-9-13-19(14-10-17)33(35)36/h3-14,23H,1-2H3,(H,29,34)(H,28,30,31). The fraction of sp³-hybridized carbons (Fsp3) is 0.115. The number of anilines is 2. The Morgan fingerprint density at radius 3 is 2.49 bits per heavy atom. The molecule has 0 radical (unpaired) electrons. The number of non-ortho nitro benzene ring substituents is 1. The molecule has 0 fully saturated rings. The largest absolute Gasteiger partial charge is 0.495 e. The van der Waals surface area contributed by atoms with E-state index in [0.29, 0.717) is 40.0 Å². The summed E-state index contributed by atoms with van der Waals surface area (Å²) in [6.07, 6.45) is 0. The van der Waals surface area contributed by atoms with Crippen molar-refractivity contribution in [3.05, 3.63) is 104 Å². The number of nitrogens with zero attached hydrogens (tertiary/aromatic N) is 4. The molecule has 0 saturated heterocycles. The van der Waals surface area contributed by atoms with Crippen LogP contribution in [0.15, 0.2) is 88.5 Å². The average molecular weight is 561 g/mol. The molecular formula is C26H21BrN6O4. The van der Waals surface area contributed by atoms with E-state index in [1.165, 1.54) is 12.1 Å². The predicted octanol–water partition coefficient (Wildman–Crippen LogP) is 5.55. The van der Waals surface area contributed by atoms with Gasteiger partial charge in [-0.1, -0.05) is 40.2 Å². The number of halogens is 1. The summed E-state index contributed by atoms with van der Waals surface area (Å²) < 4.78 is 7.95. The van der Waals surface area contributed by atoms with E-state index in [1.807, 2.05) is 43.3 Å². The second-order valence-electron chi connectivity index (χ2n) is 8.28. The van der Waals surface area contributed by atoms with Crippen LogP contribution in [0.4, 0.5) is 17.3 Å². The van der Waals surface area contributed by atoms with E-state index in [9.17, 15) is 14.9 Å². The van der Waals surface area contributed by atoms with Gasteiger partial charge in [0, 0.05) is 27.9 Å². The van der Waals surface area contributed by atoms with E-state index in [0.717, 1.165) is 10.0 Å². The lowest BCUT2D eigenvalue weighted by Crippen LogP contribution is -2.31. The van der Waals surface area contributed by atoms with Crippen LogP contribution in [-0.2, 0) is 4.79 Å². The number of rotatable bonds is 6. The first-order chi connectivity index (χ1) is 17.9. The van der Waals surface area contributed by atoms with E-state index in [2.05, 4.69) is 31.5 Å². The number of para-hydroxylation sites is 2. The van der Waals surface area contributed by atoms with Crippen molar-refractivity contribution in [1.29, 1.82) is 0 Å². The molecule has 4 aromatic rings. The SMILES string of the molecule is COc1ccccc1NC(=O)C1=C(C)Nc2nc(-c3ccc([N+](=O)[O-])cc3)nn2C1c1ccc(Br)cc1. The zero-order valence-electron chi connectivity index (χ0n) is 19.8. The van der Waals surface area contributed by atoms with Crippen LogP contribution >= 0.6 is 15.9 Å². The van der Waals surface area contributed by atoms with Crippen LogP contribution < -0.4 is 15.4 Å². The smallest absolute Gasteiger partial charge is 0.269 e. The number of amides is 1. The van der Waals surface area contributed by atoms with Gasteiger partial charge in [-0.25, -0.2) is 4.68 Å². The zero-order valence-corrected chi connectivity index (χ0v) is 21.4. The Bertz CT molecular complexity index is 1530. The van der Waals surface area contributed by atoms with Gasteiger partial charge < -0.3 is 15.4 Å². The van der Waals surface area contributed by atoms with Gasteiger partial charge in [0.15, 0.2) is 5.82 Å². The van der Waals surface area contributed by atoms with Crippen molar-refractivity contribution in [2.45, 2.75) is 13.0 Å². The number of methoxy groups -OCH3 is 1. The van der Waals surface area contributed by atoms with E-state index in [1.54, 1.807) is 36.1 Å². The van der Waals surface area contributed by atoms with E-state index < -0.39 is 11.0 Å². The molecule has 0 aliphatic carbocycles. The van der Waals surface area contributed by atoms with Crippen molar-refractivity contribution in [2.75, 3.05) is 17.7 Å². The quantitative estimate of drug-likeness (QED) is 0.234. The van der Waals surface area contributed by atoms with Gasteiger partial charge in [-0.15, -0.1) is 5.10 Å². The fourth-order valence-electron chi connectivity index (χ4n) is 4.19. The Kier molecular flexibility index (Phi) is 6.45.